The zero-order valence-corrected chi connectivity index (χ0v) is 17.2. The molecule has 0 radical (unpaired) electrons. The van der Waals surface area contributed by atoms with E-state index in [0.29, 0.717) is 23.3 Å². The van der Waals surface area contributed by atoms with Gasteiger partial charge in [0.1, 0.15) is 11.6 Å². The number of aryl methyl sites for hydroxylation is 2. The molecule has 0 unspecified atom stereocenters. The lowest BCUT2D eigenvalue weighted by Gasteiger charge is -2.12. The average Bonchev–Trinajstić information content (AvgIpc) is 3.11. The molecule has 1 aromatic carbocycles. The number of nitriles is 1. The summed E-state index contributed by atoms with van der Waals surface area (Å²) in [6.45, 7) is 5.30. The quantitative estimate of drug-likeness (QED) is 0.666. The number of nitrogens with zero attached hydrogens (tertiary/aromatic N) is 4. The van der Waals surface area contributed by atoms with Crippen molar-refractivity contribution in [2.24, 2.45) is 0 Å². The van der Waals surface area contributed by atoms with Crippen molar-refractivity contribution in [3.05, 3.63) is 53.0 Å². The van der Waals surface area contributed by atoms with E-state index in [1.165, 1.54) is 18.3 Å². The highest BCUT2D eigenvalue weighted by atomic mass is 32.2. The number of rotatable bonds is 6. The van der Waals surface area contributed by atoms with Gasteiger partial charge in [0.15, 0.2) is 15.5 Å². The molecule has 0 bridgehead atoms. The molecule has 0 aliphatic rings. The minimum absolute atomic E-state index is 0.000620. The molecule has 9 heteroatoms. The van der Waals surface area contributed by atoms with Crippen LogP contribution in [-0.2, 0) is 21.1 Å². The first-order valence-corrected chi connectivity index (χ1v) is 10.8. The van der Waals surface area contributed by atoms with Crippen LogP contribution in [0.5, 0.6) is 0 Å². The molecule has 3 aromatic rings. The first kappa shape index (κ1) is 20.5. The molecule has 2 heterocycles. The zero-order valence-electron chi connectivity index (χ0n) is 16.4. The minimum Gasteiger partial charge on any atom is -0.326 e. The number of sulfone groups is 1. The van der Waals surface area contributed by atoms with Crippen molar-refractivity contribution in [2.75, 3.05) is 11.1 Å². The van der Waals surface area contributed by atoms with E-state index < -0.39 is 9.84 Å². The van der Waals surface area contributed by atoms with Crippen molar-refractivity contribution in [1.29, 1.82) is 5.26 Å². The van der Waals surface area contributed by atoms with E-state index in [-0.39, 0.29) is 23.0 Å². The first-order chi connectivity index (χ1) is 13.8. The summed E-state index contributed by atoms with van der Waals surface area (Å²) in [7, 11) is -3.34. The van der Waals surface area contributed by atoms with E-state index in [9.17, 15) is 13.2 Å². The fourth-order valence-electron chi connectivity index (χ4n) is 3.15. The highest BCUT2D eigenvalue weighted by Gasteiger charge is 2.16. The summed E-state index contributed by atoms with van der Waals surface area (Å²) in [6.07, 6.45) is 2.12. The average molecular weight is 411 g/mol. The Balaban J connectivity index is 1.75. The van der Waals surface area contributed by atoms with Crippen molar-refractivity contribution in [1.82, 2.24) is 14.6 Å². The predicted octanol–water partition coefficient (Wildman–Crippen LogP) is 2.58. The second kappa shape index (κ2) is 8.01. The monoisotopic (exact) mass is 411 g/mol. The Morgan fingerprint density at radius 2 is 2.07 bits per heavy atom. The molecule has 0 spiro atoms. The summed E-state index contributed by atoms with van der Waals surface area (Å²) < 4.78 is 25.6. The van der Waals surface area contributed by atoms with Crippen LogP contribution in [-0.4, -0.2) is 34.7 Å². The number of fused-ring (bicyclic) bond motifs is 1. The number of hydrogen-bond donors (Lipinski definition) is 1. The molecule has 8 nitrogen and oxygen atoms in total. The van der Waals surface area contributed by atoms with E-state index in [0.717, 1.165) is 17.0 Å². The van der Waals surface area contributed by atoms with Gasteiger partial charge >= 0.3 is 0 Å². The van der Waals surface area contributed by atoms with Crippen LogP contribution in [0, 0.1) is 25.2 Å². The number of amides is 1. The van der Waals surface area contributed by atoms with E-state index >= 15 is 0 Å². The van der Waals surface area contributed by atoms with E-state index in [2.05, 4.69) is 21.5 Å². The largest absolute Gasteiger partial charge is 0.326 e. The Hall–Kier alpha value is -3.25. The van der Waals surface area contributed by atoms with Crippen LogP contribution in [0.2, 0.25) is 0 Å². The molecular formula is C20H21N5O3S. The number of hydrogen-bond acceptors (Lipinski definition) is 6. The maximum atomic E-state index is 12.4. The fourth-order valence-corrected chi connectivity index (χ4v) is 4.07. The molecule has 1 N–H and O–H groups in total. The predicted molar refractivity (Wildman–Crippen MR) is 108 cm³/mol. The van der Waals surface area contributed by atoms with E-state index in [4.69, 9.17) is 5.26 Å². The molecule has 150 valence electrons. The van der Waals surface area contributed by atoms with Crippen LogP contribution in [0.25, 0.3) is 5.65 Å². The Labute approximate surface area is 169 Å². The second-order valence-electron chi connectivity index (χ2n) is 6.65. The Morgan fingerprint density at radius 1 is 1.31 bits per heavy atom. The lowest BCUT2D eigenvalue weighted by Crippen LogP contribution is -2.15. The van der Waals surface area contributed by atoms with Gasteiger partial charge in [-0.15, -0.1) is 0 Å². The third-order valence-electron chi connectivity index (χ3n) is 4.79. The molecule has 0 aliphatic carbocycles. The van der Waals surface area contributed by atoms with E-state index in [1.807, 2.05) is 13.8 Å². The van der Waals surface area contributed by atoms with Gasteiger partial charge in [0, 0.05) is 23.5 Å². The van der Waals surface area contributed by atoms with Crippen LogP contribution in [0.4, 0.5) is 5.69 Å². The molecular weight excluding hydrogens is 390 g/mol. The summed E-state index contributed by atoms with van der Waals surface area (Å²) in [5.74, 6) is -0.229. The molecule has 0 aliphatic heterocycles. The summed E-state index contributed by atoms with van der Waals surface area (Å²) >= 11 is 0. The van der Waals surface area contributed by atoms with Gasteiger partial charge in [0.05, 0.1) is 16.8 Å². The molecule has 0 saturated heterocycles. The highest BCUT2D eigenvalue weighted by Crippen LogP contribution is 2.20. The van der Waals surface area contributed by atoms with Gasteiger partial charge in [-0.3, -0.25) is 4.79 Å². The van der Waals surface area contributed by atoms with Crippen LogP contribution in [0.1, 0.15) is 35.9 Å². The topological polar surface area (TPSA) is 117 Å². The molecule has 0 saturated carbocycles. The number of nitrogens with one attached hydrogen (secondary N) is 1. The third kappa shape index (κ3) is 4.12. The zero-order chi connectivity index (χ0) is 21.2. The van der Waals surface area contributed by atoms with Crippen LogP contribution < -0.4 is 5.32 Å². The number of aromatic nitrogens is 3. The van der Waals surface area contributed by atoms with Crippen molar-refractivity contribution >= 4 is 27.1 Å². The summed E-state index contributed by atoms with van der Waals surface area (Å²) in [4.78, 5) is 17.0. The standard InChI is InChI=1S/C20H21N5O3S/c1-4-29(27,28)17-7-5-6-16(10-17)24-19(26)9-8-18-13(2)23-20-15(11-21)12-22-25(20)14(18)3/h5-7,10,12H,4,8-9H2,1-3H3,(H,24,26). The smallest absolute Gasteiger partial charge is 0.224 e. The summed E-state index contributed by atoms with van der Waals surface area (Å²) in [5.41, 5.74) is 3.82. The van der Waals surface area contributed by atoms with Gasteiger partial charge in [0.2, 0.25) is 5.91 Å². The van der Waals surface area contributed by atoms with Crippen molar-refractivity contribution in [3.63, 3.8) is 0 Å². The van der Waals surface area contributed by atoms with Gasteiger partial charge in [0.25, 0.3) is 0 Å². The number of carbonyl (C=O) groups is 1. The summed E-state index contributed by atoms with van der Waals surface area (Å²) in [6, 6.07) is 8.31. The van der Waals surface area contributed by atoms with Crippen LogP contribution in [0.15, 0.2) is 35.4 Å². The lowest BCUT2D eigenvalue weighted by molar-refractivity contribution is -0.116. The molecule has 3 rings (SSSR count). The first-order valence-electron chi connectivity index (χ1n) is 9.13. The summed E-state index contributed by atoms with van der Waals surface area (Å²) in [5, 5.41) is 16.1. The minimum atomic E-state index is -3.34. The number of anilines is 1. The Bertz CT molecular complexity index is 1240. The maximum absolute atomic E-state index is 12.4. The molecule has 0 atom stereocenters. The van der Waals surface area contributed by atoms with Gasteiger partial charge in [-0.1, -0.05) is 13.0 Å². The number of benzene rings is 1. The third-order valence-corrected chi connectivity index (χ3v) is 6.52. The SMILES string of the molecule is CCS(=O)(=O)c1cccc(NC(=O)CCc2c(C)nc3c(C#N)cnn3c2C)c1. The molecule has 2 aromatic heterocycles. The Morgan fingerprint density at radius 3 is 2.76 bits per heavy atom. The van der Waals surface area contributed by atoms with Gasteiger partial charge in [-0.25, -0.2) is 17.9 Å². The highest BCUT2D eigenvalue weighted by molar-refractivity contribution is 7.91. The maximum Gasteiger partial charge on any atom is 0.224 e. The molecule has 29 heavy (non-hydrogen) atoms. The lowest BCUT2D eigenvalue weighted by atomic mass is 10.1. The normalized spacial score (nSPS) is 11.4. The number of carbonyl (C=O) groups excluding carboxylic acids is 1. The van der Waals surface area contributed by atoms with E-state index in [1.54, 1.807) is 23.6 Å². The second-order valence-corrected chi connectivity index (χ2v) is 8.92. The van der Waals surface area contributed by atoms with Gasteiger partial charge in [-0.2, -0.15) is 10.4 Å². The van der Waals surface area contributed by atoms with Crippen molar-refractivity contribution < 1.29 is 13.2 Å². The van der Waals surface area contributed by atoms with Crippen molar-refractivity contribution in [2.45, 2.75) is 38.5 Å². The van der Waals surface area contributed by atoms with Crippen LogP contribution >= 0.6 is 0 Å². The van der Waals surface area contributed by atoms with Crippen molar-refractivity contribution in [3.8, 4) is 6.07 Å². The van der Waals surface area contributed by atoms with Crippen LogP contribution in [0.3, 0.4) is 0 Å². The molecule has 0 fully saturated rings. The van der Waals surface area contributed by atoms with Gasteiger partial charge < -0.3 is 5.32 Å². The van der Waals surface area contributed by atoms with Gasteiger partial charge in [-0.05, 0) is 44.0 Å². The Kier molecular flexibility index (Phi) is 5.66. The molecule has 1 amide bonds. The fraction of sp³-hybridized carbons (Fsp3) is 0.300.